The molecule has 0 unspecified atom stereocenters. The molecule has 5 nitrogen and oxygen atoms in total. The third-order valence-corrected chi connectivity index (χ3v) is 7.16. The Bertz CT molecular complexity index is 1930. The van der Waals surface area contributed by atoms with Crippen molar-refractivity contribution in [3.8, 4) is 29.0 Å². The zero-order chi connectivity index (χ0) is 28.6. The third-order valence-electron chi connectivity index (χ3n) is 7.16. The van der Waals surface area contributed by atoms with Crippen molar-refractivity contribution in [1.82, 2.24) is 9.55 Å². The fourth-order valence-electron chi connectivity index (χ4n) is 4.86. The number of fused-ring (bicyclic) bond motifs is 2. The van der Waals surface area contributed by atoms with E-state index in [0.717, 1.165) is 33.7 Å². The summed E-state index contributed by atoms with van der Waals surface area (Å²) in [5.74, 6) is 8.51. The van der Waals surface area contributed by atoms with Gasteiger partial charge in [0, 0.05) is 11.1 Å². The highest BCUT2D eigenvalue weighted by molar-refractivity contribution is 5.80. The van der Waals surface area contributed by atoms with Gasteiger partial charge in [0.25, 0.3) is 5.56 Å². The summed E-state index contributed by atoms with van der Waals surface area (Å²) in [5, 5.41) is 0.565. The summed E-state index contributed by atoms with van der Waals surface area (Å²) in [7, 11) is 0. The second-order valence-electron chi connectivity index (χ2n) is 11.2. The lowest BCUT2D eigenvalue weighted by atomic mass is 9.87. The van der Waals surface area contributed by atoms with Crippen LogP contribution in [-0.4, -0.2) is 16.3 Å². The molecule has 0 N–H and O–H groups in total. The number of benzene rings is 4. The number of ether oxygens (including phenoxy) is 2. The van der Waals surface area contributed by atoms with Crippen LogP contribution < -0.4 is 15.0 Å². The fourth-order valence-corrected chi connectivity index (χ4v) is 4.86. The van der Waals surface area contributed by atoms with Crippen molar-refractivity contribution in [2.75, 3.05) is 6.79 Å². The first-order chi connectivity index (χ1) is 19.8. The quantitative estimate of drug-likeness (QED) is 0.226. The minimum Gasteiger partial charge on any atom is -0.454 e. The Morgan fingerprint density at radius 2 is 1.56 bits per heavy atom. The van der Waals surface area contributed by atoms with Gasteiger partial charge < -0.3 is 9.47 Å². The van der Waals surface area contributed by atoms with Gasteiger partial charge in [-0.2, -0.15) is 0 Å². The number of rotatable bonds is 3. The summed E-state index contributed by atoms with van der Waals surface area (Å²) >= 11 is 0. The van der Waals surface area contributed by atoms with Gasteiger partial charge in [0.2, 0.25) is 6.79 Å². The number of hydrogen-bond acceptors (Lipinski definition) is 4. The summed E-state index contributed by atoms with van der Waals surface area (Å²) in [6.45, 7) is 8.82. The summed E-state index contributed by atoms with van der Waals surface area (Å²) in [6, 6.07) is 27.5. The van der Waals surface area contributed by atoms with E-state index in [1.165, 1.54) is 5.56 Å². The lowest BCUT2D eigenvalue weighted by Crippen LogP contribution is -2.23. The highest BCUT2D eigenvalue weighted by Crippen LogP contribution is 2.33. The lowest BCUT2D eigenvalue weighted by molar-refractivity contribution is 0.174. The first-order valence-corrected chi connectivity index (χ1v) is 13.6. The van der Waals surface area contributed by atoms with E-state index in [-0.39, 0.29) is 17.8 Å². The predicted octanol–water partition coefficient (Wildman–Crippen LogP) is 7.29. The Morgan fingerprint density at radius 3 is 2.34 bits per heavy atom. The Hall–Kier alpha value is -5.08. The van der Waals surface area contributed by atoms with Gasteiger partial charge in [-0.1, -0.05) is 69.0 Å². The number of hydrogen-bond donors (Lipinski definition) is 0. The van der Waals surface area contributed by atoms with Crippen molar-refractivity contribution in [3.05, 3.63) is 129 Å². The van der Waals surface area contributed by atoms with E-state index in [1.54, 1.807) is 4.57 Å². The topological polar surface area (TPSA) is 53.4 Å². The van der Waals surface area contributed by atoms with Crippen LogP contribution in [0.15, 0.2) is 89.7 Å². The lowest BCUT2D eigenvalue weighted by Gasteiger charge is -2.18. The fraction of sp³-hybridized carbons (Fsp3) is 0.167. The van der Waals surface area contributed by atoms with Gasteiger partial charge in [-0.15, -0.1) is 0 Å². The van der Waals surface area contributed by atoms with Crippen LogP contribution in [-0.2, 0) is 5.41 Å². The van der Waals surface area contributed by atoms with Crippen molar-refractivity contribution in [1.29, 1.82) is 0 Å². The molecule has 2 heterocycles. The number of nitrogens with zero attached hydrogens (tertiary/aromatic N) is 2. The van der Waals surface area contributed by atoms with Gasteiger partial charge in [0.05, 0.1) is 16.6 Å². The van der Waals surface area contributed by atoms with Crippen molar-refractivity contribution in [3.63, 3.8) is 0 Å². The first-order valence-electron chi connectivity index (χ1n) is 13.6. The van der Waals surface area contributed by atoms with Crippen molar-refractivity contribution in [2.24, 2.45) is 0 Å². The van der Waals surface area contributed by atoms with E-state index in [4.69, 9.17) is 14.5 Å². The van der Waals surface area contributed by atoms with Gasteiger partial charge in [-0.3, -0.25) is 9.36 Å². The summed E-state index contributed by atoms with van der Waals surface area (Å²) < 4.78 is 12.6. The predicted molar refractivity (Wildman–Crippen MR) is 165 cm³/mol. The minimum atomic E-state index is -0.123. The standard InChI is InChI=1S/C36H30N2O3/c1-24-21-26(10-9-25-11-16-28(17-12-25)36(2,3)4)13-18-31(24)38-34(37-30-8-6-5-7-29(30)35(38)39)20-15-27-14-19-32-33(22-27)41-23-40-32/h5-8,11-22H,23H2,1-4H3. The SMILES string of the molecule is Cc1cc(C#Cc2ccc(C(C)(C)C)cc2)ccc1-n1c(C=Cc2ccc3c(c2)OCO3)nc2ccccc2c1=O. The molecule has 5 heteroatoms. The van der Waals surface area contributed by atoms with E-state index in [1.807, 2.05) is 79.7 Å². The van der Waals surface area contributed by atoms with Gasteiger partial charge in [0.1, 0.15) is 5.82 Å². The molecule has 5 aromatic rings. The molecule has 0 radical (unpaired) electrons. The second kappa shape index (κ2) is 10.5. The van der Waals surface area contributed by atoms with Crippen LogP contribution in [0.2, 0.25) is 0 Å². The van der Waals surface area contributed by atoms with Gasteiger partial charge in [0.15, 0.2) is 11.5 Å². The minimum absolute atomic E-state index is 0.104. The van der Waals surface area contributed by atoms with Crippen molar-refractivity contribution in [2.45, 2.75) is 33.1 Å². The molecular formula is C36H30N2O3. The highest BCUT2D eigenvalue weighted by atomic mass is 16.7. The molecule has 0 spiro atoms. The highest BCUT2D eigenvalue weighted by Gasteiger charge is 2.15. The average Bonchev–Trinajstić information content (AvgIpc) is 3.43. The average molecular weight is 539 g/mol. The van der Waals surface area contributed by atoms with Crippen LogP contribution in [0.25, 0.3) is 28.7 Å². The third kappa shape index (κ3) is 5.37. The number of aryl methyl sites for hydroxylation is 1. The summed E-state index contributed by atoms with van der Waals surface area (Å²) in [4.78, 5) is 18.6. The number of para-hydroxylation sites is 1. The first kappa shape index (κ1) is 26.2. The molecule has 6 rings (SSSR count). The van der Waals surface area contributed by atoms with E-state index < -0.39 is 0 Å². The Labute approximate surface area is 239 Å². The van der Waals surface area contributed by atoms with Gasteiger partial charge in [-0.25, -0.2) is 4.98 Å². The van der Waals surface area contributed by atoms with E-state index in [9.17, 15) is 4.79 Å². The molecule has 0 amide bonds. The molecule has 202 valence electrons. The van der Waals surface area contributed by atoms with Gasteiger partial charge >= 0.3 is 0 Å². The molecule has 1 aromatic heterocycles. The Morgan fingerprint density at radius 1 is 0.829 bits per heavy atom. The molecular weight excluding hydrogens is 508 g/mol. The van der Waals surface area contributed by atoms with E-state index in [2.05, 4.69) is 56.9 Å². The van der Waals surface area contributed by atoms with Crippen molar-refractivity contribution >= 4 is 23.1 Å². The molecule has 1 aliphatic heterocycles. The maximum Gasteiger partial charge on any atom is 0.266 e. The van der Waals surface area contributed by atoms with Crippen LogP contribution in [0.1, 0.15) is 54.4 Å². The maximum absolute atomic E-state index is 13.8. The molecule has 0 saturated heterocycles. The molecule has 1 aliphatic rings. The van der Waals surface area contributed by atoms with Crippen LogP contribution in [0, 0.1) is 18.8 Å². The molecule has 0 aliphatic carbocycles. The molecule has 4 aromatic carbocycles. The van der Waals surface area contributed by atoms with Crippen molar-refractivity contribution < 1.29 is 9.47 Å². The maximum atomic E-state index is 13.8. The normalized spacial score (nSPS) is 12.5. The number of aromatic nitrogens is 2. The smallest absolute Gasteiger partial charge is 0.266 e. The summed E-state index contributed by atoms with van der Waals surface area (Å²) in [5.41, 5.74) is 6.36. The Balaban J connectivity index is 1.37. The second-order valence-corrected chi connectivity index (χ2v) is 11.2. The molecule has 0 fully saturated rings. The van der Waals surface area contributed by atoms with Crippen LogP contribution >= 0.6 is 0 Å². The Kier molecular flexibility index (Phi) is 6.69. The van der Waals surface area contributed by atoms with Crippen LogP contribution in [0.5, 0.6) is 11.5 Å². The molecule has 0 bridgehead atoms. The zero-order valence-corrected chi connectivity index (χ0v) is 23.6. The van der Waals surface area contributed by atoms with Crippen LogP contribution in [0.4, 0.5) is 0 Å². The van der Waals surface area contributed by atoms with E-state index in [0.29, 0.717) is 22.5 Å². The van der Waals surface area contributed by atoms with Gasteiger partial charge in [-0.05, 0) is 89.7 Å². The molecule has 41 heavy (non-hydrogen) atoms. The van der Waals surface area contributed by atoms with Crippen LogP contribution in [0.3, 0.4) is 0 Å². The molecule has 0 saturated carbocycles. The monoisotopic (exact) mass is 538 g/mol. The largest absolute Gasteiger partial charge is 0.454 e. The van der Waals surface area contributed by atoms with E-state index >= 15 is 0 Å². The summed E-state index contributed by atoms with van der Waals surface area (Å²) in [6.07, 6.45) is 3.79. The molecule has 0 atom stereocenters. The zero-order valence-electron chi connectivity index (χ0n) is 23.6.